The minimum Gasteiger partial charge on any atom is -0.462 e. The highest BCUT2D eigenvalue weighted by molar-refractivity contribution is 7.07. The van der Waals surface area contributed by atoms with Gasteiger partial charge in [0, 0.05) is 19.6 Å². The van der Waals surface area contributed by atoms with Crippen molar-refractivity contribution in [2.24, 2.45) is 0 Å². The highest BCUT2D eigenvalue weighted by Crippen LogP contribution is 2.14. The van der Waals surface area contributed by atoms with Crippen molar-refractivity contribution in [3.05, 3.63) is 46.0 Å². The summed E-state index contributed by atoms with van der Waals surface area (Å²) in [4.78, 5) is 4.55. The van der Waals surface area contributed by atoms with Gasteiger partial charge in [0.1, 0.15) is 18.1 Å². The molecule has 0 spiro atoms. The Hall–Kier alpha value is -1.14. The first-order valence-electron chi connectivity index (χ1n) is 6.74. The summed E-state index contributed by atoms with van der Waals surface area (Å²) in [6.07, 6.45) is 0. The lowest BCUT2D eigenvalue weighted by Crippen LogP contribution is -2.30. The van der Waals surface area contributed by atoms with Crippen molar-refractivity contribution in [1.82, 2.24) is 9.80 Å². The summed E-state index contributed by atoms with van der Waals surface area (Å²) >= 11 is 1.73. The van der Waals surface area contributed by atoms with Crippen LogP contribution in [0.1, 0.15) is 17.1 Å². The number of hydrogen-bond acceptors (Lipinski definition) is 5. The van der Waals surface area contributed by atoms with E-state index in [2.05, 4.69) is 40.7 Å². The van der Waals surface area contributed by atoms with Crippen LogP contribution in [0.25, 0.3) is 0 Å². The number of likely N-dealkylation sites (N-methyl/N-ethyl adjacent to an activating group) is 1. The van der Waals surface area contributed by atoms with Crippen molar-refractivity contribution in [3.8, 4) is 0 Å². The third-order valence-corrected chi connectivity index (χ3v) is 3.83. The molecule has 0 aromatic carbocycles. The average molecular weight is 294 g/mol. The lowest BCUT2D eigenvalue weighted by atomic mass is 10.3. The summed E-state index contributed by atoms with van der Waals surface area (Å²) in [5.74, 6) is 1.53. The summed E-state index contributed by atoms with van der Waals surface area (Å²) < 4.78 is 5.59. The van der Waals surface area contributed by atoms with Gasteiger partial charge in [-0.2, -0.15) is 11.3 Å². The molecular formula is C15H22N2O2S. The van der Waals surface area contributed by atoms with E-state index in [0.29, 0.717) is 5.76 Å². The van der Waals surface area contributed by atoms with Gasteiger partial charge >= 0.3 is 0 Å². The Morgan fingerprint density at radius 1 is 1.10 bits per heavy atom. The molecule has 2 heterocycles. The highest BCUT2D eigenvalue weighted by atomic mass is 32.1. The van der Waals surface area contributed by atoms with Crippen LogP contribution in [0.2, 0.25) is 0 Å². The second-order valence-corrected chi connectivity index (χ2v) is 5.95. The van der Waals surface area contributed by atoms with Crippen LogP contribution in [0, 0.1) is 0 Å². The zero-order chi connectivity index (χ0) is 14.4. The van der Waals surface area contributed by atoms with Crippen LogP contribution in [0.5, 0.6) is 0 Å². The average Bonchev–Trinajstić information content (AvgIpc) is 3.07. The van der Waals surface area contributed by atoms with Gasteiger partial charge in [-0.3, -0.25) is 4.90 Å². The van der Waals surface area contributed by atoms with Gasteiger partial charge in [-0.05, 0) is 48.6 Å². The number of rotatable bonds is 8. The van der Waals surface area contributed by atoms with Crippen molar-refractivity contribution >= 4 is 11.3 Å². The fourth-order valence-corrected chi connectivity index (χ4v) is 2.67. The first kappa shape index (κ1) is 15.3. The minimum atomic E-state index is -0.0395. The fraction of sp³-hybridized carbons (Fsp3) is 0.467. The van der Waals surface area contributed by atoms with E-state index in [-0.39, 0.29) is 6.61 Å². The predicted octanol–water partition coefficient (Wildman–Crippen LogP) is 2.40. The van der Waals surface area contributed by atoms with E-state index in [4.69, 9.17) is 9.52 Å². The molecule has 2 aromatic heterocycles. The smallest absolute Gasteiger partial charge is 0.129 e. The fourth-order valence-electron chi connectivity index (χ4n) is 2.01. The minimum absolute atomic E-state index is 0.0395. The molecule has 1 N–H and O–H groups in total. The number of nitrogens with zero attached hydrogens (tertiary/aromatic N) is 2. The standard InChI is InChI=1S/C15H22N2O2S/c1-16(2)6-7-17(9-13-5-8-20-12-13)10-14-3-4-15(11-18)19-14/h3-5,8,12,18H,6-7,9-11H2,1-2H3. The molecule has 0 aliphatic heterocycles. The second-order valence-electron chi connectivity index (χ2n) is 5.17. The lowest BCUT2D eigenvalue weighted by molar-refractivity contribution is 0.200. The molecule has 0 saturated carbocycles. The molecular weight excluding hydrogens is 272 g/mol. The molecule has 4 nitrogen and oxygen atoms in total. The summed E-state index contributed by atoms with van der Waals surface area (Å²) in [5, 5.41) is 13.3. The predicted molar refractivity (Wildman–Crippen MR) is 81.6 cm³/mol. The van der Waals surface area contributed by atoms with Crippen molar-refractivity contribution in [2.75, 3.05) is 27.2 Å². The van der Waals surface area contributed by atoms with Gasteiger partial charge in [0.2, 0.25) is 0 Å². The van der Waals surface area contributed by atoms with Crippen LogP contribution in [0.3, 0.4) is 0 Å². The Morgan fingerprint density at radius 3 is 2.50 bits per heavy atom. The van der Waals surface area contributed by atoms with E-state index in [1.165, 1.54) is 5.56 Å². The van der Waals surface area contributed by atoms with Crippen LogP contribution in [0.4, 0.5) is 0 Å². The van der Waals surface area contributed by atoms with Gasteiger partial charge in [0.05, 0.1) is 6.54 Å². The third kappa shape index (κ3) is 4.76. The maximum Gasteiger partial charge on any atom is 0.129 e. The first-order valence-corrected chi connectivity index (χ1v) is 7.68. The third-order valence-electron chi connectivity index (χ3n) is 3.10. The van der Waals surface area contributed by atoms with E-state index in [1.54, 1.807) is 11.3 Å². The summed E-state index contributed by atoms with van der Waals surface area (Å²) in [6, 6.07) is 5.94. The van der Waals surface area contributed by atoms with Crippen molar-refractivity contribution in [2.45, 2.75) is 19.7 Å². The Kier molecular flexibility index (Phi) is 5.79. The number of aliphatic hydroxyl groups is 1. The van der Waals surface area contributed by atoms with Gasteiger partial charge in [-0.1, -0.05) is 0 Å². The second kappa shape index (κ2) is 7.59. The number of thiophene rings is 1. The molecule has 0 radical (unpaired) electrons. The van der Waals surface area contributed by atoms with E-state index in [0.717, 1.165) is 31.9 Å². The van der Waals surface area contributed by atoms with Crippen molar-refractivity contribution in [3.63, 3.8) is 0 Å². The molecule has 2 rings (SSSR count). The van der Waals surface area contributed by atoms with Crippen molar-refractivity contribution < 1.29 is 9.52 Å². The zero-order valence-corrected chi connectivity index (χ0v) is 12.9. The Morgan fingerprint density at radius 2 is 1.90 bits per heavy atom. The molecule has 0 unspecified atom stereocenters. The lowest BCUT2D eigenvalue weighted by Gasteiger charge is -2.22. The van der Waals surface area contributed by atoms with Gasteiger partial charge in [-0.15, -0.1) is 0 Å². The summed E-state index contributed by atoms with van der Waals surface area (Å²) in [5.41, 5.74) is 1.34. The Bertz CT molecular complexity index is 494. The van der Waals surface area contributed by atoms with Gasteiger partial charge in [0.15, 0.2) is 0 Å². The molecule has 0 atom stereocenters. The molecule has 0 aliphatic carbocycles. The van der Waals surface area contributed by atoms with Crippen molar-refractivity contribution in [1.29, 1.82) is 0 Å². The number of aliphatic hydroxyl groups excluding tert-OH is 1. The van der Waals surface area contributed by atoms with Crippen LogP contribution < -0.4 is 0 Å². The van der Waals surface area contributed by atoms with E-state index in [1.807, 2.05) is 12.1 Å². The monoisotopic (exact) mass is 294 g/mol. The van der Waals surface area contributed by atoms with Gasteiger partial charge < -0.3 is 14.4 Å². The Labute approximate surface area is 124 Å². The van der Waals surface area contributed by atoms with Crippen LogP contribution >= 0.6 is 11.3 Å². The molecule has 5 heteroatoms. The van der Waals surface area contributed by atoms with E-state index >= 15 is 0 Å². The summed E-state index contributed by atoms with van der Waals surface area (Å²) in [6.45, 7) is 3.65. The molecule has 0 amide bonds. The number of furan rings is 1. The SMILES string of the molecule is CN(C)CCN(Cc1ccsc1)Cc1ccc(CO)o1. The molecule has 0 bridgehead atoms. The van der Waals surface area contributed by atoms with Crippen LogP contribution in [0.15, 0.2) is 33.4 Å². The quantitative estimate of drug-likeness (QED) is 0.811. The summed E-state index contributed by atoms with van der Waals surface area (Å²) in [7, 11) is 4.17. The molecule has 0 saturated heterocycles. The molecule has 0 aliphatic rings. The molecule has 2 aromatic rings. The highest BCUT2D eigenvalue weighted by Gasteiger charge is 2.11. The normalized spacial score (nSPS) is 11.7. The van der Waals surface area contributed by atoms with E-state index < -0.39 is 0 Å². The Balaban J connectivity index is 1.97. The molecule has 0 fully saturated rings. The van der Waals surface area contributed by atoms with E-state index in [9.17, 15) is 0 Å². The largest absolute Gasteiger partial charge is 0.462 e. The van der Waals surface area contributed by atoms with Crippen LogP contribution in [-0.2, 0) is 19.7 Å². The first-order chi connectivity index (χ1) is 9.67. The zero-order valence-electron chi connectivity index (χ0n) is 12.1. The maximum absolute atomic E-state index is 9.06. The van der Waals surface area contributed by atoms with Gasteiger partial charge in [0.25, 0.3) is 0 Å². The molecule has 110 valence electrons. The maximum atomic E-state index is 9.06. The number of hydrogen-bond donors (Lipinski definition) is 1. The van der Waals surface area contributed by atoms with Crippen LogP contribution in [-0.4, -0.2) is 42.1 Å². The molecule has 20 heavy (non-hydrogen) atoms. The van der Waals surface area contributed by atoms with Gasteiger partial charge in [-0.25, -0.2) is 0 Å². The topological polar surface area (TPSA) is 39.9 Å².